The van der Waals surface area contributed by atoms with Crippen molar-refractivity contribution in [3.8, 4) is 0 Å². The van der Waals surface area contributed by atoms with Crippen LogP contribution in [0.4, 0.5) is 4.79 Å². The molecule has 1 aliphatic carbocycles. The number of hydrogen-bond acceptors (Lipinski definition) is 3. The maximum absolute atomic E-state index is 12.1. The molecule has 136 valence electrons. The van der Waals surface area contributed by atoms with Gasteiger partial charge in [-0.15, -0.1) is 0 Å². The number of carbonyl (C=O) groups excluding carboxylic acids is 1. The Labute approximate surface area is 150 Å². The van der Waals surface area contributed by atoms with Gasteiger partial charge in [0.05, 0.1) is 6.61 Å². The van der Waals surface area contributed by atoms with Crippen LogP contribution in [0.2, 0.25) is 0 Å². The Hall–Kier alpha value is -1.85. The Morgan fingerprint density at radius 1 is 1.20 bits per heavy atom. The van der Waals surface area contributed by atoms with Crippen molar-refractivity contribution in [3.05, 3.63) is 47.5 Å². The minimum Gasteiger partial charge on any atom is -0.395 e. The first-order valence-electron chi connectivity index (χ1n) is 9.39. The van der Waals surface area contributed by atoms with Crippen LogP contribution in [0.1, 0.15) is 43.2 Å². The number of rotatable bonds is 6. The van der Waals surface area contributed by atoms with E-state index in [9.17, 15) is 9.90 Å². The van der Waals surface area contributed by atoms with E-state index in [4.69, 9.17) is 0 Å². The maximum Gasteiger partial charge on any atom is 0.315 e. The van der Waals surface area contributed by atoms with Crippen LogP contribution in [0.5, 0.6) is 0 Å². The molecule has 5 nitrogen and oxygen atoms in total. The standard InChI is InChI=1S/C20H29N3O2/c24-15-19-11-6-12-23(19)14-17-8-5-4-7-16(17)13-21-20(25)22-18-9-2-1-3-10-18/h2,4-5,7-9,18-19,24H,1,3,6,10-15H2,(H2,21,22,25)/t18-,19+/m1/s1. The van der Waals surface area contributed by atoms with Crippen LogP contribution in [0.25, 0.3) is 0 Å². The second-order valence-corrected chi connectivity index (χ2v) is 7.01. The number of carbonyl (C=O) groups is 1. The lowest BCUT2D eigenvalue weighted by Crippen LogP contribution is -2.41. The number of hydrogen-bond donors (Lipinski definition) is 3. The molecule has 1 heterocycles. The molecule has 2 aliphatic rings. The number of benzene rings is 1. The molecule has 5 heteroatoms. The fraction of sp³-hybridized carbons (Fsp3) is 0.550. The third-order valence-corrected chi connectivity index (χ3v) is 5.21. The summed E-state index contributed by atoms with van der Waals surface area (Å²) < 4.78 is 0. The third kappa shape index (κ3) is 5.06. The predicted molar refractivity (Wildman–Crippen MR) is 99.1 cm³/mol. The van der Waals surface area contributed by atoms with Crippen molar-refractivity contribution in [1.29, 1.82) is 0 Å². The number of aliphatic hydroxyl groups excluding tert-OH is 1. The average molecular weight is 343 g/mol. The summed E-state index contributed by atoms with van der Waals surface area (Å²) in [5.41, 5.74) is 2.36. The fourth-order valence-corrected chi connectivity index (χ4v) is 3.74. The Morgan fingerprint density at radius 2 is 2.04 bits per heavy atom. The zero-order chi connectivity index (χ0) is 17.5. The van der Waals surface area contributed by atoms with E-state index in [1.54, 1.807) is 0 Å². The highest BCUT2D eigenvalue weighted by molar-refractivity contribution is 5.74. The molecule has 1 aliphatic heterocycles. The summed E-state index contributed by atoms with van der Waals surface area (Å²) in [5.74, 6) is 0. The number of aliphatic hydroxyl groups is 1. The molecule has 0 unspecified atom stereocenters. The lowest BCUT2D eigenvalue weighted by Gasteiger charge is -2.24. The van der Waals surface area contributed by atoms with E-state index in [1.165, 1.54) is 5.56 Å². The van der Waals surface area contributed by atoms with Gasteiger partial charge in [0, 0.05) is 25.2 Å². The van der Waals surface area contributed by atoms with Gasteiger partial charge >= 0.3 is 6.03 Å². The zero-order valence-electron chi connectivity index (χ0n) is 14.8. The summed E-state index contributed by atoms with van der Waals surface area (Å²) in [5, 5.41) is 15.5. The van der Waals surface area contributed by atoms with E-state index >= 15 is 0 Å². The van der Waals surface area contributed by atoms with Gasteiger partial charge in [-0.05, 0) is 49.8 Å². The second-order valence-electron chi connectivity index (χ2n) is 7.01. The van der Waals surface area contributed by atoms with Gasteiger partial charge in [0.1, 0.15) is 0 Å². The molecule has 1 aromatic rings. The van der Waals surface area contributed by atoms with Crippen molar-refractivity contribution in [3.63, 3.8) is 0 Å². The Kier molecular flexibility index (Phi) is 6.48. The molecule has 1 saturated heterocycles. The summed E-state index contributed by atoms with van der Waals surface area (Å²) in [6, 6.07) is 8.54. The first-order chi connectivity index (χ1) is 12.3. The molecule has 0 saturated carbocycles. The zero-order valence-corrected chi connectivity index (χ0v) is 14.8. The third-order valence-electron chi connectivity index (χ3n) is 5.21. The molecular weight excluding hydrogens is 314 g/mol. The highest BCUT2D eigenvalue weighted by Crippen LogP contribution is 2.21. The van der Waals surface area contributed by atoms with Gasteiger partial charge in [0.25, 0.3) is 0 Å². The molecule has 0 spiro atoms. The molecule has 0 bridgehead atoms. The number of nitrogens with zero attached hydrogens (tertiary/aromatic N) is 1. The minimum atomic E-state index is -0.110. The van der Waals surface area contributed by atoms with Crippen LogP contribution in [-0.2, 0) is 13.1 Å². The topological polar surface area (TPSA) is 64.6 Å². The molecular formula is C20H29N3O2. The van der Waals surface area contributed by atoms with Gasteiger partial charge in [-0.25, -0.2) is 4.79 Å². The number of likely N-dealkylation sites (tertiary alicyclic amines) is 1. The van der Waals surface area contributed by atoms with Crippen LogP contribution in [0, 0.1) is 0 Å². The molecule has 3 rings (SSSR count). The minimum absolute atomic E-state index is 0.110. The molecule has 0 aromatic heterocycles. The SMILES string of the molecule is O=C(NCc1ccccc1CN1CCC[C@H]1CO)N[C@@H]1C=CCCC1. The van der Waals surface area contributed by atoms with Crippen molar-refractivity contribution in [2.24, 2.45) is 0 Å². The molecule has 1 aromatic carbocycles. The quantitative estimate of drug-likeness (QED) is 0.696. The van der Waals surface area contributed by atoms with E-state index in [0.29, 0.717) is 6.54 Å². The maximum atomic E-state index is 12.1. The van der Waals surface area contributed by atoms with E-state index in [1.807, 2.05) is 12.1 Å². The largest absolute Gasteiger partial charge is 0.395 e. The van der Waals surface area contributed by atoms with Crippen LogP contribution >= 0.6 is 0 Å². The first kappa shape index (κ1) is 18.0. The van der Waals surface area contributed by atoms with Crippen LogP contribution in [0.3, 0.4) is 0 Å². The second kappa shape index (κ2) is 9.02. The normalized spacial score (nSPS) is 23.6. The summed E-state index contributed by atoms with van der Waals surface area (Å²) in [4.78, 5) is 14.5. The molecule has 25 heavy (non-hydrogen) atoms. The monoisotopic (exact) mass is 343 g/mol. The fourth-order valence-electron chi connectivity index (χ4n) is 3.74. The van der Waals surface area contributed by atoms with E-state index in [2.05, 4.69) is 39.8 Å². The van der Waals surface area contributed by atoms with Crippen molar-refractivity contribution in [2.75, 3.05) is 13.2 Å². The van der Waals surface area contributed by atoms with Gasteiger partial charge in [-0.3, -0.25) is 4.90 Å². The summed E-state index contributed by atoms with van der Waals surface area (Å²) in [7, 11) is 0. The number of amides is 2. The van der Waals surface area contributed by atoms with Crippen LogP contribution in [0.15, 0.2) is 36.4 Å². The average Bonchev–Trinajstić information content (AvgIpc) is 3.09. The number of allylic oxidation sites excluding steroid dienone is 1. The van der Waals surface area contributed by atoms with Gasteiger partial charge in [0.15, 0.2) is 0 Å². The van der Waals surface area contributed by atoms with Gasteiger partial charge in [-0.2, -0.15) is 0 Å². The first-order valence-corrected chi connectivity index (χ1v) is 9.39. The molecule has 2 atom stereocenters. The number of urea groups is 1. The van der Waals surface area contributed by atoms with E-state index in [0.717, 1.165) is 50.8 Å². The molecule has 0 radical (unpaired) electrons. The van der Waals surface area contributed by atoms with E-state index in [-0.39, 0.29) is 24.7 Å². The lowest BCUT2D eigenvalue weighted by atomic mass is 10.0. The van der Waals surface area contributed by atoms with E-state index < -0.39 is 0 Å². The van der Waals surface area contributed by atoms with Crippen molar-refractivity contribution < 1.29 is 9.90 Å². The molecule has 3 N–H and O–H groups in total. The highest BCUT2D eigenvalue weighted by Gasteiger charge is 2.24. The van der Waals surface area contributed by atoms with Crippen LogP contribution < -0.4 is 10.6 Å². The molecule has 2 amide bonds. The lowest BCUT2D eigenvalue weighted by molar-refractivity contribution is 0.153. The van der Waals surface area contributed by atoms with Gasteiger partial charge in [-0.1, -0.05) is 36.4 Å². The highest BCUT2D eigenvalue weighted by atomic mass is 16.3. The van der Waals surface area contributed by atoms with Crippen molar-refractivity contribution >= 4 is 6.03 Å². The Morgan fingerprint density at radius 3 is 2.80 bits per heavy atom. The summed E-state index contributed by atoms with van der Waals surface area (Å²) >= 11 is 0. The van der Waals surface area contributed by atoms with Crippen LogP contribution in [-0.4, -0.2) is 41.3 Å². The van der Waals surface area contributed by atoms with Gasteiger partial charge < -0.3 is 15.7 Å². The van der Waals surface area contributed by atoms with Crippen molar-refractivity contribution in [1.82, 2.24) is 15.5 Å². The Balaban J connectivity index is 1.54. The predicted octanol–water partition coefficient (Wildman–Crippen LogP) is 2.55. The molecule has 1 fully saturated rings. The van der Waals surface area contributed by atoms with Crippen molar-refractivity contribution in [2.45, 2.75) is 57.3 Å². The number of nitrogens with one attached hydrogen (secondary N) is 2. The summed E-state index contributed by atoms with van der Waals surface area (Å²) in [6.07, 6.45) is 9.68. The van der Waals surface area contributed by atoms with Gasteiger partial charge in [0.2, 0.25) is 0 Å². The smallest absolute Gasteiger partial charge is 0.315 e. The Bertz CT molecular complexity index is 602. The summed E-state index contributed by atoms with van der Waals surface area (Å²) in [6.45, 7) is 2.60.